The second kappa shape index (κ2) is 6.10. The van der Waals surface area contributed by atoms with Crippen molar-refractivity contribution in [1.29, 1.82) is 0 Å². The number of thiocarbonyl (C=S) groups is 1. The van der Waals surface area contributed by atoms with Crippen LogP contribution in [-0.4, -0.2) is 16.0 Å². The maximum atomic E-state index is 11.9. The first-order valence-corrected chi connectivity index (χ1v) is 7.01. The van der Waals surface area contributed by atoms with Crippen molar-refractivity contribution in [3.63, 3.8) is 0 Å². The summed E-state index contributed by atoms with van der Waals surface area (Å²) < 4.78 is 0. The molecule has 2 aromatic rings. The molecule has 1 amide bonds. The summed E-state index contributed by atoms with van der Waals surface area (Å²) in [7, 11) is 0. The molecule has 0 atom stereocenters. The van der Waals surface area contributed by atoms with Crippen molar-refractivity contribution in [3.8, 4) is 0 Å². The molecule has 0 aliphatic carbocycles. The van der Waals surface area contributed by atoms with E-state index in [-0.39, 0.29) is 11.0 Å². The molecule has 0 aliphatic heterocycles. The molecule has 0 bridgehead atoms. The van der Waals surface area contributed by atoms with E-state index >= 15 is 0 Å². The minimum absolute atomic E-state index is 0.205. The second-order valence-corrected chi connectivity index (χ2v) is 5.42. The predicted octanol–water partition coefficient (Wildman–Crippen LogP) is 3.23. The van der Waals surface area contributed by atoms with Gasteiger partial charge >= 0.3 is 0 Å². The summed E-state index contributed by atoms with van der Waals surface area (Å²) in [6.45, 7) is 1.87. The molecule has 0 radical (unpaired) electrons. The van der Waals surface area contributed by atoms with E-state index in [2.05, 4.69) is 15.6 Å². The lowest BCUT2D eigenvalue weighted by molar-refractivity contribution is 0.0978. The molecule has 0 aliphatic rings. The van der Waals surface area contributed by atoms with E-state index < -0.39 is 0 Å². The van der Waals surface area contributed by atoms with Gasteiger partial charge in [-0.15, -0.1) is 11.3 Å². The number of carbonyl (C=O) groups excluding carboxylic acids is 1. The highest BCUT2D eigenvalue weighted by molar-refractivity contribution is 7.80. The van der Waals surface area contributed by atoms with Crippen molar-refractivity contribution in [2.45, 2.75) is 6.92 Å². The number of benzene rings is 1. The Labute approximate surface area is 124 Å². The van der Waals surface area contributed by atoms with Crippen LogP contribution in [0.2, 0.25) is 5.02 Å². The summed E-state index contributed by atoms with van der Waals surface area (Å²) in [6.07, 6.45) is 1.65. The maximum Gasteiger partial charge on any atom is 0.257 e. The number of anilines is 1. The summed E-state index contributed by atoms with van der Waals surface area (Å²) in [4.78, 5) is 15.9. The molecule has 98 valence electrons. The Morgan fingerprint density at radius 2 is 2.26 bits per heavy atom. The number of aromatic nitrogens is 1. The van der Waals surface area contributed by atoms with Gasteiger partial charge in [-0.05, 0) is 36.8 Å². The second-order valence-electron chi connectivity index (χ2n) is 3.71. The van der Waals surface area contributed by atoms with Gasteiger partial charge in [-0.2, -0.15) is 0 Å². The third kappa shape index (κ3) is 3.73. The maximum absolute atomic E-state index is 11.9. The largest absolute Gasteiger partial charge is 0.308 e. The fourth-order valence-electron chi connectivity index (χ4n) is 1.32. The average Bonchev–Trinajstić information content (AvgIpc) is 2.85. The van der Waals surface area contributed by atoms with Crippen molar-refractivity contribution in [3.05, 3.63) is 45.9 Å². The quantitative estimate of drug-likeness (QED) is 0.836. The molecule has 1 aromatic heterocycles. The number of hydrogen-bond acceptors (Lipinski definition) is 4. The fourth-order valence-corrected chi connectivity index (χ4v) is 2.29. The Bertz CT molecular complexity index is 613. The lowest BCUT2D eigenvalue weighted by Gasteiger charge is -2.08. The number of aryl methyl sites for hydroxylation is 1. The van der Waals surface area contributed by atoms with Crippen molar-refractivity contribution in [2.24, 2.45) is 0 Å². The van der Waals surface area contributed by atoms with Crippen LogP contribution in [-0.2, 0) is 0 Å². The highest BCUT2D eigenvalue weighted by Gasteiger charge is 2.09. The van der Waals surface area contributed by atoms with Gasteiger partial charge in [0.25, 0.3) is 5.91 Å². The molecule has 2 rings (SSSR count). The summed E-state index contributed by atoms with van der Waals surface area (Å²) in [5.74, 6) is -0.309. The lowest BCUT2D eigenvalue weighted by Crippen LogP contribution is -2.34. The topological polar surface area (TPSA) is 54.0 Å². The Morgan fingerprint density at radius 3 is 2.89 bits per heavy atom. The SMILES string of the molecule is Cc1ccc(C(=O)NC(=S)Nc2nccs2)cc1Cl. The van der Waals surface area contributed by atoms with Crippen LogP contribution in [0.1, 0.15) is 15.9 Å². The minimum atomic E-state index is -0.309. The molecule has 0 saturated carbocycles. The van der Waals surface area contributed by atoms with Crippen LogP contribution in [0, 0.1) is 6.92 Å². The summed E-state index contributed by atoms with van der Waals surface area (Å²) >= 11 is 12.4. The zero-order valence-electron chi connectivity index (χ0n) is 9.94. The van der Waals surface area contributed by atoms with E-state index in [0.29, 0.717) is 15.7 Å². The number of amides is 1. The van der Waals surface area contributed by atoms with Crippen molar-refractivity contribution in [2.75, 3.05) is 5.32 Å². The number of rotatable bonds is 2. The number of nitrogens with zero attached hydrogens (tertiary/aromatic N) is 1. The number of halogens is 1. The molecular formula is C12H10ClN3OS2. The first-order chi connectivity index (χ1) is 9.06. The Kier molecular flexibility index (Phi) is 4.47. The molecule has 1 heterocycles. The molecule has 1 aromatic carbocycles. The lowest BCUT2D eigenvalue weighted by atomic mass is 10.1. The van der Waals surface area contributed by atoms with Gasteiger partial charge in [0.05, 0.1) is 0 Å². The highest BCUT2D eigenvalue weighted by Crippen LogP contribution is 2.16. The summed E-state index contributed by atoms with van der Waals surface area (Å²) in [5, 5.41) is 8.59. The van der Waals surface area contributed by atoms with Gasteiger partial charge in [-0.1, -0.05) is 17.7 Å². The Balaban J connectivity index is 2.00. The standard InChI is InChI=1S/C12H10ClN3OS2/c1-7-2-3-8(6-9(7)13)10(17)15-11(18)16-12-14-4-5-19-12/h2-6H,1H3,(H2,14,15,16,17,18). The Hall–Kier alpha value is -1.50. The van der Waals surface area contributed by atoms with E-state index in [1.165, 1.54) is 11.3 Å². The van der Waals surface area contributed by atoms with Crippen LogP contribution in [0.25, 0.3) is 0 Å². The van der Waals surface area contributed by atoms with Gasteiger partial charge in [0, 0.05) is 22.2 Å². The highest BCUT2D eigenvalue weighted by atomic mass is 35.5. The fraction of sp³-hybridized carbons (Fsp3) is 0.0833. The van der Waals surface area contributed by atoms with Crippen molar-refractivity contribution < 1.29 is 4.79 Å². The van der Waals surface area contributed by atoms with Crippen LogP contribution in [0.5, 0.6) is 0 Å². The summed E-state index contributed by atoms with van der Waals surface area (Å²) in [6, 6.07) is 5.09. The Morgan fingerprint density at radius 1 is 1.47 bits per heavy atom. The average molecular weight is 312 g/mol. The molecule has 0 spiro atoms. The van der Waals surface area contributed by atoms with Crippen LogP contribution in [0.15, 0.2) is 29.8 Å². The van der Waals surface area contributed by atoms with Gasteiger partial charge in [-0.3, -0.25) is 10.1 Å². The van der Waals surface area contributed by atoms with Crippen LogP contribution in [0.4, 0.5) is 5.13 Å². The zero-order chi connectivity index (χ0) is 13.8. The van der Waals surface area contributed by atoms with E-state index in [1.54, 1.807) is 24.4 Å². The number of hydrogen-bond donors (Lipinski definition) is 2. The first kappa shape index (κ1) is 13.9. The smallest absolute Gasteiger partial charge is 0.257 e. The van der Waals surface area contributed by atoms with Gasteiger partial charge in [0.1, 0.15) is 0 Å². The number of thiazole rings is 1. The van der Waals surface area contributed by atoms with Crippen LogP contribution >= 0.6 is 35.2 Å². The molecular weight excluding hydrogens is 302 g/mol. The van der Waals surface area contributed by atoms with Crippen LogP contribution < -0.4 is 10.6 Å². The van der Waals surface area contributed by atoms with Gasteiger partial charge in [0.2, 0.25) is 0 Å². The molecule has 0 unspecified atom stereocenters. The van der Waals surface area contributed by atoms with Gasteiger partial charge in [-0.25, -0.2) is 4.98 Å². The van der Waals surface area contributed by atoms with Crippen LogP contribution in [0.3, 0.4) is 0 Å². The number of carbonyl (C=O) groups is 1. The molecule has 0 saturated heterocycles. The monoisotopic (exact) mass is 311 g/mol. The van der Waals surface area contributed by atoms with E-state index in [9.17, 15) is 4.79 Å². The molecule has 0 fully saturated rings. The van der Waals surface area contributed by atoms with Crippen molar-refractivity contribution >= 4 is 51.3 Å². The molecule has 4 nitrogen and oxygen atoms in total. The van der Waals surface area contributed by atoms with Gasteiger partial charge < -0.3 is 5.32 Å². The van der Waals surface area contributed by atoms with E-state index in [4.69, 9.17) is 23.8 Å². The third-order valence-electron chi connectivity index (χ3n) is 2.31. The molecule has 2 N–H and O–H groups in total. The van der Waals surface area contributed by atoms with E-state index in [0.717, 1.165) is 5.56 Å². The molecule has 7 heteroatoms. The third-order valence-corrected chi connectivity index (χ3v) is 3.61. The van der Waals surface area contributed by atoms with Crippen molar-refractivity contribution in [1.82, 2.24) is 10.3 Å². The van der Waals surface area contributed by atoms with E-state index in [1.807, 2.05) is 12.3 Å². The van der Waals surface area contributed by atoms with Gasteiger partial charge in [0.15, 0.2) is 10.2 Å². The first-order valence-electron chi connectivity index (χ1n) is 5.34. The minimum Gasteiger partial charge on any atom is -0.308 e. The zero-order valence-corrected chi connectivity index (χ0v) is 12.3. The normalized spacial score (nSPS) is 10.0. The summed E-state index contributed by atoms with van der Waals surface area (Å²) in [5.41, 5.74) is 1.38. The number of nitrogens with one attached hydrogen (secondary N) is 2. The molecule has 19 heavy (non-hydrogen) atoms. The predicted molar refractivity (Wildman–Crippen MR) is 82.0 cm³/mol.